The molecule has 0 N–H and O–H groups in total. The molecule has 16 heavy (non-hydrogen) atoms. The van der Waals surface area contributed by atoms with E-state index in [2.05, 4.69) is 40.3 Å². The van der Waals surface area contributed by atoms with Crippen LogP contribution in [0.3, 0.4) is 0 Å². The second kappa shape index (κ2) is 3.30. The molecule has 0 saturated carbocycles. The van der Waals surface area contributed by atoms with Gasteiger partial charge in [0.05, 0.1) is 5.52 Å². The summed E-state index contributed by atoms with van der Waals surface area (Å²) in [5.74, 6) is 0.485. The Hall–Kier alpha value is -1.90. The van der Waals surface area contributed by atoms with Gasteiger partial charge in [-0.05, 0) is 29.7 Å². The van der Waals surface area contributed by atoms with E-state index in [0.717, 1.165) is 5.65 Å². The molecule has 3 aromatic heterocycles. The second-order valence-electron chi connectivity index (χ2n) is 4.28. The van der Waals surface area contributed by atoms with Crippen molar-refractivity contribution in [2.24, 2.45) is 0 Å². The molecule has 80 valence electrons. The Morgan fingerprint density at radius 1 is 1.19 bits per heavy atom. The molecule has 0 unspecified atom stereocenters. The molecule has 0 aliphatic heterocycles. The van der Waals surface area contributed by atoms with Gasteiger partial charge < -0.3 is 0 Å². The maximum absolute atomic E-state index is 4.44. The third-order valence-electron chi connectivity index (χ3n) is 2.92. The molecule has 3 heterocycles. The van der Waals surface area contributed by atoms with Gasteiger partial charge in [-0.2, -0.15) is 0 Å². The first-order chi connectivity index (χ1) is 7.79. The van der Waals surface area contributed by atoms with Crippen LogP contribution in [0, 0.1) is 0 Å². The van der Waals surface area contributed by atoms with Gasteiger partial charge in [-0.3, -0.25) is 4.40 Å². The zero-order valence-electron chi connectivity index (χ0n) is 9.38. The molecule has 0 bridgehead atoms. The number of nitrogens with zero attached hydrogens (tertiary/aromatic N) is 3. The Kier molecular flexibility index (Phi) is 1.93. The van der Waals surface area contributed by atoms with Crippen molar-refractivity contribution < 1.29 is 0 Å². The van der Waals surface area contributed by atoms with Crippen LogP contribution in [0.5, 0.6) is 0 Å². The summed E-state index contributed by atoms with van der Waals surface area (Å²) in [5.41, 5.74) is 3.55. The fourth-order valence-electron chi connectivity index (χ4n) is 2.29. The highest BCUT2D eigenvalue weighted by atomic mass is 15.0. The lowest BCUT2D eigenvalue weighted by Crippen LogP contribution is -1.88. The fourth-order valence-corrected chi connectivity index (χ4v) is 2.29. The summed E-state index contributed by atoms with van der Waals surface area (Å²) >= 11 is 0. The summed E-state index contributed by atoms with van der Waals surface area (Å²) in [5, 5.41) is 1.23. The Bertz CT molecular complexity index is 599. The molecular weight excluding hydrogens is 198 g/mol. The average Bonchev–Trinajstić information content (AvgIpc) is 2.63. The number of rotatable bonds is 1. The van der Waals surface area contributed by atoms with Crippen LogP contribution in [0.2, 0.25) is 0 Å². The van der Waals surface area contributed by atoms with Gasteiger partial charge in [0.25, 0.3) is 0 Å². The molecule has 0 radical (unpaired) electrons. The van der Waals surface area contributed by atoms with Gasteiger partial charge in [0.1, 0.15) is 12.0 Å². The quantitative estimate of drug-likeness (QED) is 0.619. The molecular formula is C13H13N3. The van der Waals surface area contributed by atoms with Gasteiger partial charge in [0.15, 0.2) is 0 Å². The predicted molar refractivity (Wildman–Crippen MR) is 64.6 cm³/mol. The molecule has 0 aliphatic carbocycles. The standard InChI is InChI=1S/C13H13N3/c1-9(2)12-10-4-3-6-15-13(10)16-8-14-7-5-11(12)16/h3-9H,1-2H3. The Balaban J connectivity index is 2.59. The molecule has 3 heteroatoms. The summed E-state index contributed by atoms with van der Waals surface area (Å²) in [6, 6.07) is 6.17. The van der Waals surface area contributed by atoms with Crippen molar-refractivity contribution in [3.05, 3.63) is 42.5 Å². The summed E-state index contributed by atoms with van der Waals surface area (Å²) in [6.07, 6.45) is 5.49. The van der Waals surface area contributed by atoms with Gasteiger partial charge in [-0.25, -0.2) is 9.97 Å². The van der Waals surface area contributed by atoms with E-state index < -0.39 is 0 Å². The number of hydrogen-bond acceptors (Lipinski definition) is 2. The minimum atomic E-state index is 0.485. The third kappa shape index (κ3) is 1.14. The van der Waals surface area contributed by atoms with Crippen LogP contribution in [-0.2, 0) is 0 Å². The van der Waals surface area contributed by atoms with E-state index in [-0.39, 0.29) is 0 Å². The number of pyridine rings is 1. The Labute approximate surface area is 93.8 Å². The van der Waals surface area contributed by atoms with Crippen LogP contribution in [0.1, 0.15) is 25.3 Å². The van der Waals surface area contributed by atoms with E-state index in [1.165, 1.54) is 16.5 Å². The third-order valence-corrected chi connectivity index (χ3v) is 2.92. The van der Waals surface area contributed by atoms with Gasteiger partial charge >= 0.3 is 0 Å². The van der Waals surface area contributed by atoms with Gasteiger partial charge in [-0.15, -0.1) is 0 Å². The number of fused-ring (bicyclic) bond motifs is 3. The summed E-state index contributed by atoms with van der Waals surface area (Å²) < 4.78 is 2.06. The number of aromatic nitrogens is 3. The van der Waals surface area contributed by atoms with Crippen molar-refractivity contribution in [1.82, 2.24) is 14.4 Å². The summed E-state index contributed by atoms with van der Waals surface area (Å²) in [7, 11) is 0. The van der Waals surface area contributed by atoms with Gasteiger partial charge in [-0.1, -0.05) is 13.8 Å². The molecule has 0 fully saturated rings. The van der Waals surface area contributed by atoms with Crippen LogP contribution >= 0.6 is 0 Å². The fraction of sp³-hybridized carbons (Fsp3) is 0.231. The smallest absolute Gasteiger partial charge is 0.145 e. The molecule has 0 aliphatic rings. The highest BCUT2D eigenvalue weighted by Crippen LogP contribution is 2.30. The van der Waals surface area contributed by atoms with E-state index in [0.29, 0.717) is 5.92 Å². The second-order valence-corrected chi connectivity index (χ2v) is 4.28. The van der Waals surface area contributed by atoms with Gasteiger partial charge in [0.2, 0.25) is 0 Å². The van der Waals surface area contributed by atoms with Crippen molar-refractivity contribution in [2.45, 2.75) is 19.8 Å². The Morgan fingerprint density at radius 2 is 2.06 bits per heavy atom. The van der Waals surface area contributed by atoms with Gasteiger partial charge in [0, 0.05) is 17.8 Å². The minimum Gasteiger partial charge on any atom is -0.284 e. The molecule has 0 atom stereocenters. The lowest BCUT2D eigenvalue weighted by molar-refractivity contribution is 0.882. The highest BCUT2D eigenvalue weighted by molar-refractivity contribution is 5.90. The van der Waals surface area contributed by atoms with Crippen LogP contribution in [0.25, 0.3) is 16.6 Å². The summed E-state index contributed by atoms with van der Waals surface area (Å²) in [6.45, 7) is 4.42. The molecule has 0 spiro atoms. The molecule has 0 aromatic carbocycles. The van der Waals surface area contributed by atoms with E-state index in [4.69, 9.17) is 0 Å². The van der Waals surface area contributed by atoms with E-state index in [9.17, 15) is 0 Å². The van der Waals surface area contributed by atoms with Crippen molar-refractivity contribution in [3.8, 4) is 0 Å². The SMILES string of the molecule is CC(C)c1c2cccnc2n2cnccc12. The van der Waals surface area contributed by atoms with Crippen molar-refractivity contribution in [1.29, 1.82) is 0 Å². The lowest BCUT2D eigenvalue weighted by atomic mass is 10.0. The maximum atomic E-state index is 4.44. The van der Waals surface area contributed by atoms with E-state index >= 15 is 0 Å². The van der Waals surface area contributed by atoms with E-state index in [1.807, 2.05) is 24.8 Å². The monoisotopic (exact) mass is 211 g/mol. The van der Waals surface area contributed by atoms with Crippen LogP contribution in [0.4, 0.5) is 0 Å². The maximum Gasteiger partial charge on any atom is 0.145 e. The van der Waals surface area contributed by atoms with Crippen LogP contribution in [0.15, 0.2) is 36.9 Å². The normalized spacial score (nSPS) is 11.7. The largest absolute Gasteiger partial charge is 0.284 e. The minimum absolute atomic E-state index is 0.485. The van der Waals surface area contributed by atoms with Crippen molar-refractivity contribution in [2.75, 3.05) is 0 Å². The summed E-state index contributed by atoms with van der Waals surface area (Å²) in [4.78, 5) is 8.59. The molecule has 3 aromatic rings. The van der Waals surface area contributed by atoms with Crippen LogP contribution < -0.4 is 0 Å². The zero-order chi connectivity index (χ0) is 11.1. The lowest BCUT2D eigenvalue weighted by Gasteiger charge is -2.03. The first-order valence-electron chi connectivity index (χ1n) is 5.47. The average molecular weight is 211 g/mol. The number of hydrogen-bond donors (Lipinski definition) is 0. The predicted octanol–water partition coefficient (Wildman–Crippen LogP) is 3.01. The first kappa shape index (κ1) is 9.33. The zero-order valence-corrected chi connectivity index (χ0v) is 9.38. The Morgan fingerprint density at radius 3 is 2.88 bits per heavy atom. The molecule has 3 rings (SSSR count). The van der Waals surface area contributed by atoms with Crippen LogP contribution in [-0.4, -0.2) is 14.4 Å². The molecule has 0 amide bonds. The van der Waals surface area contributed by atoms with Crippen molar-refractivity contribution in [3.63, 3.8) is 0 Å². The van der Waals surface area contributed by atoms with Crippen molar-refractivity contribution >= 4 is 16.6 Å². The highest BCUT2D eigenvalue weighted by Gasteiger charge is 2.14. The van der Waals surface area contributed by atoms with E-state index in [1.54, 1.807) is 0 Å². The molecule has 3 nitrogen and oxygen atoms in total. The molecule has 0 saturated heterocycles. The topological polar surface area (TPSA) is 30.2 Å². The first-order valence-corrected chi connectivity index (χ1v) is 5.47.